The van der Waals surface area contributed by atoms with Crippen LogP contribution in [-0.4, -0.2) is 38.5 Å². The van der Waals surface area contributed by atoms with Gasteiger partial charge in [0.25, 0.3) is 0 Å². The fourth-order valence-electron chi connectivity index (χ4n) is 3.62. The van der Waals surface area contributed by atoms with Gasteiger partial charge < -0.3 is 9.84 Å². The molecule has 5 nitrogen and oxygen atoms in total. The van der Waals surface area contributed by atoms with E-state index in [0.717, 1.165) is 29.7 Å². The minimum absolute atomic E-state index is 0.344. The molecule has 1 aliphatic carbocycles. The summed E-state index contributed by atoms with van der Waals surface area (Å²) < 4.78 is 21.5. The van der Waals surface area contributed by atoms with Crippen LogP contribution in [0.15, 0.2) is 54.6 Å². The molecular formula is C23H26FN3O2. The van der Waals surface area contributed by atoms with Gasteiger partial charge in [-0.25, -0.2) is 9.07 Å². The lowest BCUT2D eigenvalue weighted by atomic mass is 10.1. The minimum atomic E-state index is -0.417. The number of hydrogen-bond acceptors (Lipinski definition) is 4. The van der Waals surface area contributed by atoms with Crippen molar-refractivity contribution < 1.29 is 14.2 Å². The van der Waals surface area contributed by atoms with Crippen LogP contribution in [0.1, 0.15) is 25.3 Å². The second-order valence-corrected chi connectivity index (χ2v) is 7.69. The first-order chi connectivity index (χ1) is 14.0. The van der Waals surface area contributed by atoms with Gasteiger partial charge >= 0.3 is 0 Å². The summed E-state index contributed by atoms with van der Waals surface area (Å²) >= 11 is 0. The molecule has 0 unspecified atom stereocenters. The van der Waals surface area contributed by atoms with Gasteiger partial charge in [0.05, 0.1) is 11.7 Å². The Kier molecular flexibility index (Phi) is 5.65. The summed E-state index contributed by atoms with van der Waals surface area (Å²) in [6.07, 6.45) is 1.85. The Labute approximate surface area is 170 Å². The standard InChI is InChI=1S/C23H26FN3O2/c1-16(28)14-27(19-11-12-19)15-21-22(17-7-4-3-5-8-17)25-26(2)23(21)29-20-10-6-9-18(24)13-20/h3-10,13,16,19,28H,11-12,14-15H2,1-2H3/t16-/m1/s1. The molecule has 1 atom stereocenters. The molecule has 29 heavy (non-hydrogen) atoms. The topological polar surface area (TPSA) is 50.5 Å². The van der Waals surface area contributed by atoms with Crippen LogP contribution in [0, 0.1) is 5.82 Å². The molecular weight excluding hydrogens is 369 g/mol. The minimum Gasteiger partial charge on any atom is -0.439 e. The van der Waals surface area contributed by atoms with Gasteiger partial charge in [-0.15, -0.1) is 0 Å². The Bertz CT molecular complexity index is 968. The number of aryl methyl sites for hydroxylation is 1. The summed E-state index contributed by atoms with van der Waals surface area (Å²) in [6, 6.07) is 16.6. The highest BCUT2D eigenvalue weighted by atomic mass is 19.1. The van der Waals surface area contributed by atoms with Crippen LogP contribution in [-0.2, 0) is 13.6 Å². The van der Waals surface area contributed by atoms with Gasteiger partial charge in [0.15, 0.2) is 0 Å². The molecule has 4 rings (SSSR count). The number of nitrogens with zero attached hydrogens (tertiary/aromatic N) is 3. The van der Waals surface area contributed by atoms with Crippen molar-refractivity contribution in [2.75, 3.05) is 6.54 Å². The first kappa shape index (κ1) is 19.6. The number of rotatable bonds is 8. The molecule has 2 aromatic carbocycles. The monoisotopic (exact) mass is 395 g/mol. The molecule has 0 aliphatic heterocycles. The van der Waals surface area contributed by atoms with Crippen molar-refractivity contribution in [1.82, 2.24) is 14.7 Å². The number of benzene rings is 2. The lowest BCUT2D eigenvalue weighted by Crippen LogP contribution is -2.32. The van der Waals surface area contributed by atoms with Crippen molar-refractivity contribution in [2.24, 2.45) is 7.05 Å². The zero-order valence-electron chi connectivity index (χ0n) is 16.8. The Morgan fingerprint density at radius 1 is 1.21 bits per heavy atom. The van der Waals surface area contributed by atoms with E-state index >= 15 is 0 Å². The normalized spacial score (nSPS) is 14.9. The summed E-state index contributed by atoms with van der Waals surface area (Å²) in [5.74, 6) is 0.677. The van der Waals surface area contributed by atoms with E-state index in [0.29, 0.717) is 30.8 Å². The van der Waals surface area contributed by atoms with E-state index in [1.54, 1.807) is 23.7 Å². The van der Waals surface area contributed by atoms with Crippen LogP contribution in [0.3, 0.4) is 0 Å². The Balaban J connectivity index is 1.74. The summed E-state index contributed by atoms with van der Waals surface area (Å²) in [6.45, 7) is 3.01. The van der Waals surface area contributed by atoms with E-state index in [4.69, 9.17) is 9.84 Å². The summed E-state index contributed by atoms with van der Waals surface area (Å²) in [7, 11) is 1.83. The van der Waals surface area contributed by atoms with Gasteiger partial charge in [-0.3, -0.25) is 4.90 Å². The smallest absolute Gasteiger partial charge is 0.222 e. The maximum absolute atomic E-state index is 13.7. The molecule has 0 radical (unpaired) electrons. The van der Waals surface area contributed by atoms with E-state index < -0.39 is 6.10 Å². The highest BCUT2D eigenvalue weighted by Crippen LogP contribution is 2.37. The third-order valence-corrected chi connectivity index (χ3v) is 5.07. The molecule has 1 saturated carbocycles. The van der Waals surface area contributed by atoms with E-state index in [1.807, 2.05) is 37.4 Å². The molecule has 1 aliphatic rings. The van der Waals surface area contributed by atoms with Crippen molar-refractivity contribution in [1.29, 1.82) is 0 Å². The lowest BCUT2D eigenvalue weighted by molar-refractivity contribution is 0.117. The second kappa shape index (κ2) is 8.35. The van der Waals surface area contributed by atoms with Gasteiger partial charge in [-0.1, -0.05) is 36.4 Å². The fraction of sp³-hybridized carbons (Fsp3) is 0.348. The Morgan fingerprint density at radius 3 is 2.62 bits per heavy atom. The fourth-order valence-corrected chi connectivity index (χ4v) is 3.62. The van der Waals surface area contributed by atoms with Crippen molar-refractivity contribution in [2.45, 2.75) is 38.5 Å². The molecule has 1 heterocycles. The highest BCUT2D eigenvalue weighted by molar-refractivity contribution is 5.65. The first-order valence-electron chi connectivity index (χ1n) is 9.98. The van der Waals surface area contributed by atoms with Crippen LogP contribution >= 0.6 is 0 Å². The van der Waals surface area contributed by atoms with Crippen molar-refractivity contribution >= 4 is 0 Å². The molecule has 0 bridgehead atoms. The average Bonchev–Trinajstić information content (AvgIpc) is 3.49. The predicted molar refractivity (Wildman–Crippen MR) is 110 cm³/mol. The Morgan fingerprint density at radius 2 is 1.97 bits per heavy atom. The maximum atomic E-state index is 13.7. The molecule has 0 amide bonds. The summed E-state index contributed by atoms with van der Waals surface area (Å²) in [5.41, 5.74) is 2.78. The quantitative estimate of drug-likeness (QED) is 0.616. The van der Waals surface area contributed by atoms with Crippen LogP contribution < -0.4 is 4.74 Å². The van der Waals surface area contributed by atoms with Gasteiger partial charge in [-0.05, 0) is 31.9 Å². The summed E-state index contributed by atoms with van der Waals surface area (Å²) in [4.78, 5) is 2.28. The van der Waals surface area contributed by atoms with E-state index in [-0.39, 0.29) is 5.82 Å². The molecule has 1 N–H and O–H groups in total. The van der Waals surface area contributed by atoms with Crippen LogP contribution in [0.25, 0.3) is 11.3 Å². The first-order valence-corrected chi connectivity index (χ1v) is 9.98. The molecule has 3 aromatic rings. The van der Waals surface area contributed by atoms with E-state index in [2.05, 4.69) is 4.90 Å². The van der Waals surface area contributed by atoms with Crippen LogP contribution in [0.5, 0.6) is 11.6 Å². The SMILES string of the molecule is C[C@@H](O)CN(Cc1c(-c2ccccc2)nn(C)c1Oc1cccc(F)c1)C1CC1. The van der Waals surface area contributed by atoms with Crippen LogP contribution in [0.4, 0.5) is 4.39 Å². The third kappa shape index (κ3) is 4.66. The predicted octanol–water partition coefficient (Wildman–Crippen LogP) is 4.36. The number of aliphatic hydroxyl groups is 1. The van der Waals surface area contributed by atoms with Gasteiger partial charge in [-0.2, -0.15) is 5.10 Å². The number of halogens is 1. The van der Waals surface area contributed by atoms with E-state index in [9.17, 15) is 9.50 Å². The molecule has 6 heteroatoms. The van der Waals surface area contributed by atoms with Gasteiger partial charge in [0.1, 0.15) is 17.3 Å². The number of aromatic nitrogens is 2. The summed E-state index contributed by atoms with van der Waals surface area (Å²) in [5, 5.41) is 14.7. The molecule has 1 fully saturated rings. The maximum Gasteiger partial charge on any atom is 0.222 e. The zero-order valence-corrected chi connectivity index (χ0v) is 16.8. The van der Waals surface area contributed by atoms with Crippen molar-refractivity contribution in [3.05, 3.63) is 66.0 Å². The van der Waals surface area contributed by atoms with Gasteiger partial charge in [0.2, 0.25) is 5.88 Å². The highest BCUT2D eigenvalue weighted by Gasteiger charge is 2.32. The van der Waals surface area contributed by atoms with Gasteiger partial charge in [0, 0.05) is 37.8 Å². The van der Waals surface area contributed by atoms with Crippen molar-refractivity contribution in [3.8, 4) is 22.9 Å². The van der Waals surface area contributed by atoms with Crippen LogP contribution in [0.2, 0.25) is 0 Å². The molecule has 152 valence electrons. The lowest BCUT2D eigenvalue weighted by Gasteiger charge is -2.24. The largest absolute Gasteiger partial charge is 0.439 e. The molecule has 1 aromatic heterocycles. The van der Waals surface area contributed by atoms with Crippen molar-refractivity contribution in [3.63, 3.8) is 0 Å². The zero-order chi connectivity index (χ0) is 20.4. The molecule has 0 spiro atoms. The average molecular weight is 395 g/mol. The third-order valence-electron chi connectivity index (χ3n) is 5.07. The number of ether oxygens (including phenoxy) is 1. The molecule has 0 saturated heterocycles. The number of aliphatic hydroxyl groups excluding tert-OH is 1. The van der Waals surface area contributed by atoms with E-state index in [1.165, 1.54) is 12.1 Å². The second-order valence-electron chi connectivity index (χ2n) is 7.69. The Hall–Kier alpha value is -2.70. The number of hydrogen-bond donors (Lipinski definition) is 1.